The molecular weight excluding hydrogens is 150 g/mol. The van der Waals surface area contributed by atoms with E-state index in [1.165, 1.54) is 0 Å². The van der Waals surface area contributed by atoms with E-state index in [9.17, 15) is 0 Å². The lowest BCUT2D eigenvalue weighted by Gasteiger charge is -2.29. The molecule has 0 saturated carbocycles. The van der Waals surface area contributed by atoms with Crippen molar-refractivity contribution < 1.29 is 4.74 Å². The van der Waals surface area contributed by atoms with Gasteiger partial charge in [-0.2, -0.15) is 0 Å². The molecule has 0 aromatic heterocycles. The van der Waals surface area contributed by atoms with E-state index in [-0.39, 0.29) is 5.60 Å². The van der Waals surface area contributed by atoms with Crippen molar-refractivity contribution in [2.45, 2.75) is 26.4 Å². The van der Waals surface area contributed by atoms with Crippen molar-refractivity contribution in [2.24, 2.45) is 10.9 Å². The van der Waals surface area contributed by atoms with Gasteiger partial charge in [-0.15, -0.1) is 6.58 Å². The van der Waals surface area contributed by atoms with Crippen LogP contribution in [0.1, 0.15) is 20.8 Å². The first-order valence-corrected chi connectivity index (χ1v) is 4.21. The highest BCUT2D eigenvalue weighted by Crippen LogP contribution is 2.21. The first-order chi connectivity index (χ1) is 5.54. The molecule has 0 saturated heterocycles. The van der Waals surface area contributed by atoms with Crippen molar-refractivity contribution in [3.63, 3.8) is 0 Å². The SMILES string of the molecule is C=CC(C)C(C)(C)OC/C=N/C. The average molecular weight is 169 g/mol. The molecule has 0 heterocycles. The van der Waals surface area contributed by atoms with E-state index in [4.69, 9.17) is 4.74 Å². The molecule has 0 amide bonds. The zero-order valence-corrected chi connectivity index (χ0v) is 8.50. The molecule has 0 aliphatic rings. The summed E-state index contributed by atoms with van der Waals surface area (Å²) in [5, 5.41) is 0. The Kier molecular flexibility index (Phi) is 4.83. The Morgan fingerprint density at radius 2 is 2.17 bits per heavy atom. The zero-order chi connectivity index (χ0) is 9.61. The molecule has 0 spiro atoms. The Labute approximate surface area is 75.3 Å². The smallest absolute Gasteiger partial charge is 0.0821 e. The Morgan fingerprint density at radius 3 is 2.58 bits per heavy atom. The maximum atomic E-state index is 5.60. The molecule has 0 N–H and O–H groups in total. The van der Waals surface area contributed by atoms with E-state index < -0.39 is 0 Å². The van der Waals surface area contributed by atoms with Crippen molar-refractivity contribution in [3.8, 4) is 0 Å². The number of aliphatic imine (C=N–C) groups is 1. The fourth-order valence-corrected chi connectivity index (χ4v) is 0.742. The topological polar surface area (TPSA) is 21.6 Å². The van der Waals surface area contributed by atoms with Crippen LogP contribution in [0, 0.1) is 5.92 Å². The Bertz CT molecular complexity index is 161. The van der Waals surface area contributed by atoms with Crippen LogP contribution in [0.3, 0.4) is 0 Å². The minimum absolute atomic E-state index is 0.150. The molecule has 2 heteroatoms. The second kappa shape index (κ2) is 5.09. The Hall–Kier alpha value is -0.630. The summed E-state index contributed by atoms with van der Waals surface area (Å²) in [4.78, 5) is 3.85. The third kappa shape index (κ3) is 3.67. The van der Waals surface area contributed by atoms with Gasteiger partial charge in [0.2, 0.25) is 0 Å². The highest BCUT2D eigenvalue weighted by Gasteiger charge is 2.23. The lowest BCUT2D eigenvalue weighted by molar-refractivity contribution is -0.0208. The molecule has 0 fully saturated rings. The van der Waals surface area contributed by atoms with Gasteiger partial charge in [0.05, 0.1) is 12.2 Å². The summed E-state index contributed by atoms with van der Waals surface area (Å²) in [6.07, 6.45) is 3.67. The predicted molar refractivity (Wildman–Crippen MR) is 53.8 cm³/mol. The minimum Gasteiger partial charge on any atom is -0.369 e. The molecule has 12 heavy (non-hydrogen) atoms. The lowest BCUT2D eigenvalue weighted by Crippen LogP contribution is -2.32. The summed E-state index contributed by atoms with van der Waals surface area (Å²) >= 11 is 0. The van der Waals surface area contributed by atoms with Gasteiger partial charge >= 0.3 is 0 Å². The summed E-state index contributed by atoms with van der Waals surface area (Å²) in [5.41, 5.74) is -0.150. The van der Waals surface area contributed by atoms with Gasteiger partial charge < -0.3 is 4.74 Å². The molecule has 1 unspecified atom stereocenters. The van der Waals surface area contributed by atoms with Crippen LogP contribution < -0.4 is 0 Å². The summed E-state index contributed by atoms with van der Waals surface area (Å²) in [6.45, 7) is 10.5. The molecule has 0 rings (SSSR count). The van der Waals surface area contributed by atoms with Crippen LogP contribution in [0.5, 0.6) is 0 Å². The molecule has 0 aromatic rings. The third-order valence-corrected chi connectivity index (χ3v) is 2.16. The molecule has 0 aliphatic carbocycles. The summed E-state index contributed by atoms with van der Waals surface area (Å²) in [5.74, 6) is 0.350. The van der Waals surface area contributed by atoms with E-state index in [0.717, 1.165) is 0 Å². The number of hydrogen-bond acceptors (Lipinski definition) is 2. The first-order valence-electron chi connectivity index (χ1n) is 4.21. The zero-order valence-electron chi connectivity index (χ0n) is 8.50. The van der Waals surface area contributed by atoms with Gasteiger partial charge in [0.1, 0.15) is 0 Å². The number of nitrogens with zero attached hydrogens (tertiary/aromatic N) is 1. The van der Waals surface area contributed by atoms with Crippen LogP contribution >= 0.6 is 0 Å². The normalized spacial score (nSPS) is 15.0. The quantitative estimate of drug-likeness (QED) is 0.457. The fraction of sp³-hybridized carbons (Fsp3) is 0.700. The molecule has 2 nitrogen and oxygen atoms in total. The van der Waals surface area contributed by atoms with E-state index in [2.05, 4.69) is 32.3 Å². The van der Waals surface area contributed by atoms with E-state index in [0.29, 0.717) is 12.5 Å². The maximum absolute atomic E-state index is 5.60. The van der Waals surface area contributed by atoms with Crippen LogP contribution in [-0.4, -0.2) is 25.5 Å². The first kappa shape index (κ1) is 11.4. The fourth-order valence-electron chi connectivity index (χ4n) is 0.742. The van der Waals surface area contributed by atoms with Gasteiger partial charge in [-0.05, 0) is 13.8 Å². The minimum atomic E-state index is -0.150. The van der Waals surface area contributed by atoms with Gasteiger partial charge in [-0.1, -0.05) is 13.0 Å². The lowest BCUT2D eigenvalue weighted by atomic mass is 9.93. The third-order valence-electron chi connectivity index (χ3n) is 2.16. The second-order valence-corrected chi connectivity index (χ2v) is 3.38. The number of hydrogen-bond donors (Lipinski definition) is 0. The summed E-state index contributed by atoms with van der Waals surface area (Å²) in [7, 11) is 1.74. The molecule has 0 radical (unpaired) electrons. The highest BCUT2D eigenvalue weighted by atomic mass is 16.5. The van der Waals surface area contributed by atoms with E-state index in [1.54, 1.807) is 13.3 Å². The molecule has 70 valence electrons. The van der Waals surface area contributed by atoms with Crippen molar-refractivity contribution >= 4 is 6.21 Å². The van der Waals surface area contributed by atoms with Crippen LogP contribution in [0.15, 0.2) is 17.6 Å². The van der Waals surface area contributed by atoms with E-state index in [1.807, 2.05) is 6.08 Å². The van der Waals surface area contributed by atoms with Gasteiger partial charge in [0.25, 0.3) is 0 Å². The second-order valence-electron chi connectivity index (χ2n) is 3.38. The van der Waals surface area contributed by atoms with Gasteiger partial charge in [0.15, 0.2) is 0 Å². The predicted octanol–water partition coefficient (Wildman–Crippen LogP) is 2.30. The Morgan fingerprint density at radius 1 is 1.58 bits per heavy atom. The van der Waals surface area contributed by atoms with Crippen LogP contribution in [-0.2, 0) is 4.74 Å². The average Bonchev–Trinajstić information content (AvgIpc) is 2.03. The van der Waals surface area contributed by atoms with Crippen LogP contribution in [0.4, 0.5) is 0 Å². The van der Waals surface area contributed by atoms with Gasteiger partial charge in [0, 0.05) is 19.2 Å². The summed E-state index contributed by atoms with van der Waals surface area (Å²) in [6, 6.07) is 0. The number of ether oxygens (including phenoxy) is 1. The van der Waals surface area contributed by atoms with E-state index >= 15 is 0 Å². The highest BCUT2D eigenvalue weighted by molar-refractivity contribution is 5.58. The van der Waals surface area contributed by atoms with Crippen LogP contribution in [0.25, 0.3) is 0 Å². The maximum Gasteiger partial charge on any atom is 0.0821 e. The molecule has 0 aromatic carbocycles. The van der Waals surface area contributed by atoms with Crippen molar-refractivity contribution in [1.29, 1.82) is 0 Å². The molecule has 0 aliphatic heterocycles. The molecule has 0 bridgehead atoms. The standard InChI is InChI=1S/C10H19NO/c1-6-9(2)10(3,4)12-8-7-11-5/h6-7,9H,1,8H2,2-5H3/b11-7+. The van der Waals surface area contributed by atoms with Crippen LogP contribution in [0.2, 0.25) is 0 Å². The Balaban J connectivity index is 3.93. The molecule has 1 atom stereocenters. The van der Waals surface area contributed by atoms with Crippen molar-refractivity contribution in [2.75, 3.05) is 13.7 Å². The van der Waals surface area contributed by atoms with Gasteiger partial charge in [-0.25, -0.2) is 0 Å². The largest absolute Gasteiger partial charge is 0.369 e. The monoisotopic (exact) mass is 169 g/mol. The van der Waals surface area contributed by atoms with Gasteiger partial charge in [-0.3, -0.25) is 4.99 Å². The van der Waals surface area contributed by atoms with Crippen molar-refractivity contribution in [3.05, 3.63) is 12.7 Å². The number of rotatable bonds is 5. The molecular formula is C10H19NO. The summed E-state index contributed by atoms with van der Waals surface area (Å²) < 4.78 is 5.60. The van der Waals surface area contributed by atoms with Crippen molar-refractivity contribution in [1.82, 2.24) is 0 Å².